The van der Waals surface area contributed by atoms with Crippen LogP contribution in [0.3, 0.4) is 0 Å². The first-order valence-corrected chi connectivity index (χ1v) is 4.98. The van der Waals surface area contributed by atoms with Gasteiger partial charge in [-0.2, -0.15) is 0 Å². The topological polar surface area (TPSA) is 87.0 Å². The molecule has 0 heterocycles. The minimum absolute atomic E-state index is 0.0536. The Hall–Kier alpha value is -1.66. The quantitative estimate of drug-likeness (QED) is 0.671. The highest BCUT2D eigenvalue weighted by Gasteiger charge is 2.28. The van der Waals surface area contributed by atoms with Crippen LogP contribution in [0.2, 0.25) is 0 Å². The molecule has 0 spiro atoms. The van der Waals surface area contributed by atoms with E-state index in [2.05, 4.69) is 4.74 Å². The molecule has 1 aromatic carbocycles. The van der Waals surface area contributed by atoms with E-state index in [0.717, 1.165) is 18.2 Å². The van der Waals surface area contributed by atoms with Crippen LogP contribution in [-0.2, 0) is 9.53 Å². The molecule has 0 aliphatic carbocycles. The number of ether oxygens (including phenoxy) is 1. The molecule has 2 atom stereocenters. The molecule has 0 aromatic heterocycles. The maximum absolute atomic E-state index is 12.7. The van der Waals surface area contributed by atoms with Gasteiger partial charge in [-0.05, 0) is 19.1 Å². The first-order valence-electron chi connectivity index (χ1n) is 4.98. The molecule has 3 N–H and O–H groups in total. The molecule has 0 bridgehead atoms. The molecule has 0 radical (unpaired) electrons. The molecular weight excluding hydrogens is 231 g/mol. The molecule has 5 nitrogen and oxygen atoms in total. The number of carbonyl (C=O) groups excluding carboxylic acids is 1. The molecule has 0 aliphatic rings. The number of esters is 1. The Morgan fingerprint density at radius 1 is 1.47 bits per heavy atom. The fraction of sp³-hybridized carbons (Fsp3) is 0.364. The van der Waals surface area contributed by atoms with Gasteiger partial charge in [-0.3, -0.25) is 0 Å². The van der Waals surface area contributed by atoms with Crippen molar-refractivity contribution in [1.29, 1.82) is 0 Å². The summed E-state index contributed by atoms with van der Waals surface area (Å²) in [6, 6.07) is 2.85. The normalized spacial score (nSPS) is 14.1. The zero-order chi connectivity index (χ0) is 13.0. The predicted octanol–water partition coefficient (Wildman–Crippen LogP) is 0.489. The fourth-order valence-corrected chi connectivity index (χ4v) is 1.29. The van der Waals surface area contributed by atoms with Gasteiger partial charge in [0.1, 0.15) is 17.7 Å². The van der Waals surface area contributed by atoms with E-state index in [-0.39, 0.29) is 12.2 Å². The Balaban J connectivity index is 2.88. The lowest BCUT2D eigenvalue weighted by Gasteiger charge is -2.17. The number of hydrogen-bond acceptors (Lipinski definition) is 5. The zero-order valence-corrected chi connectivity index (χ0v) is 9.13. The van der Waals surface area contributed by atoms with E-state index in [1.54, 1.807) is 6.92 Å². The third-order valence-corrected chi connectivity index (χ3v) is 2.14. The number of aliphatic hydroxyl groups is 2. The third kappa shape index (κ3) is 3.15. The molecule has 0 amide bonds. The first kappa shape index (κ1) is 13.4. The second kappa shape index (κ2) is 5.60. The molecule has 0 fully saturated rings. The van der Waals surface area contributed by atoms with Crippen molar-refractivity contribution in [3.8, 4) is 5.75 Å². The molecular formula is C11H13FO5. The zero-order valence-electron chi connectivity index (χ0n) is 9.13. The molecule has 17 heavy (non-hydrogen) atoms. The van der Waals surface area contributed by atoms with E-state index in [1.165, 1.54) is 0 Å². The second-order valence-electron chi connectivity index (χ2n) is 3.34. The molecule has 1 aromatic rings. The summed E-state index contributed by atoms with van der Waals surface area (Å²) >= 11 is 0. The lowest BCUT2D eigenvalue weighted by atomic mass is 10.0. The molecule has 0 aliphatic heterocycles. The minimum atomic E-state index is -1.83. The Morgan fingerprint density at radius 2 is 2.12 bits per heavy atom. The lowest BCUT2D eigenvalue weighted by Crippen LogP contribution is -2.29. The van der Waals surface area contributed by atoms with Crippen molar-refractivity contribution in [3.05, 3.63) is 29.6 Å². The van der Waals surface area contributed by atoms with Crippen LogP contribution < -0.4 is 0 Å². The number of benzene rings is 1. The number of hydrogen-bond donors (Lipinski definition) is 3. The van der Waals surface area contributed by atoms with E-state index < -0.39 is 29.7 Å². The van der Waals surface area contributed by atoms with Gasteiger partial charge >= 0.3 is 5.97 Å². The number of phenols is 1. The summed E-state index contributed by atoms with van der Waals surface area (Å²) in [5, 5.41) is 28.4. The Morgan fingerprint density at radius 3 is 2.65 bits per heavy atom. The third-order valence-electron chi connectivity index (χ3n) is 2.14. The van der Waals surface area contributed by atoms with Gasteiger partial charge in [0.15, 0.2) is 6.10 Å². The van der Waals surface area contributed by atoms with E-state index in [0.29, 0.717) is 0 Å². The van der Waals surface area contributed by atoms with Gasteiger partial charge in [0, 0.05) is 11.6 Å². The van der Waals surface area contributed by atoms with Gasteiger partial charge < -0.3 is 20.1 Å². The average molecular weight is 244 g/mol. The smallest absolute Gasteiger partial charge is 0.338 e. The predicted molar refractivity (Wildman–Crippen MR) is 55.7 cm³/mol. The summed E-state index contributed by atoms with van der Waals surface area (Å²) in [7, 11) is 0. The average Bonchev–Trinajstić information content (AvgIpc) is 2.27. The van der Waals surface area contributed by atoms with Gasteiger partial charge in [0.05, 0.1) is 6.61 Å². The van der Waals surface area contributed by atoms with Crippen LogP contribution >= 0.6 is 0 Å². The van der Waals surface area contributed by atoms with Crippen molar-refractivity contribution in [1.82, 2.24) is 0 Å². The Kier molecular flexibility index (Phi) is 4.42. The highest BCUT2D eigenvalue weighted by molar-refractivity contribution is 5.75. The summed E-state index contributed by atoms with van der Waals surface area (Å²) in [6.45, 7) is 1.60. The summed E-state index contributed by atoms with van der Waals surface area (Å²) in [5.74, 6) is -2.24. The number of aliphatic hydroxyl groups excluding tert-OH is 2. The van der Waals surface area contributed by atoms with Crippen molar-refractivity contribution in [2.75, 3.05) is 6.61 Å². The summed E-state index contributed by atoms with van der Waals surface area (Å²) in [6.07, 6.45) is -3.50. The van der Waals surface area contributed by atoms with Gasteiger partial charge in [-0.25, -0.2) is 9.18 Å². The van der Waals surface area contributed by atoms with E-state index in [9.17, 15) is 24.5 Å². The number of carbonyl (C=O) groups is 1. The van der Waals surface area contributed by atoms with Crippen molar-refractivity contribution in [3.63, 3.8) is 0 Å². The summed E-state index contributed by atoms with van der Waals surface area (Å²) in [5.41, 5.74) is -0.146. The van der Waals surface area contributed by atoms with Crippen molar-refractivity contribution in [2.24, 2.45) is 0 Å². The maximum atomic E-state index is 12.7. The van der Waals surface area contributed by atoms with E-state index >= 15 is 0 Å². The van der Waals surface area contributed by atoms with Crippen LogP contribution in [-0.4, -0.2) is 34.0 Å². The van der Waals surface area contributed by atoms with Crippen LogP contribution in [0.25, 0.3) is 0 Å². The SMILES string of the molecule is CCOC(=O)C(O)C(O)c1ccc(F)cc1O. The van der Waals surface area contributed by atoms with E-state index in [1.807, 2.05) is 0 Å². The molecule has 6 heteroatoms. The van der Waals surface area contributed by atoms with Gasteiger partial charge in [0.2, 0.25) is 0 Å². The van der Waals surface area contributed by atoms with Crippen LogP contribution in [0, 0.1) is 5.82 Å². The van der Waals surface area contributed by atoms with Crippen LogP contribution in [0.5, 0.6) is 5.75 Å². The largest absolute Gasteiger partial charge is 0.507 e. The standard InChI is InChI=1S/C11H13FO5/c1-2-17-11(16)10(15)9(14)7-4-3-6(12)5-8(7)13/h3-5,9-10,13-15H,2H2,1H3. The van der Waals surface area contributed by atoms with Gasteiger partial charge in [-0.1, -0.05) is 0 Å². The number of rotatable bonds is 4. The highest BCUT2D eigenvalue weighted by Crippen LogP contribution is 2.27. The molecule has 0 saturated carbocycles. The number of aromatic hydroxyl groups is 1. The van der Waals surface area contributed by atoms with E-state index in [4.69, 9.17) is 0 Å². The number of halogens is 1. The Labute approximate surface area is 97.1 Å². The highest BCUT2D eigenvalue weighted by atomic mass is 19.1. The molecule has 2 unspecified atom stereocenters. The summed E-state index contributed by atoms with van der Waals surface area (Å²) < 4.78 is 17.2. The second-order valence-corrected chi connectivity index (χ2v) is 3.34. The van der Waals surface area contributed by atoms with Crippen molar-refractivity contribution >= 4 is 5.97 Å². The van der Waals surface area contributed by atoms with Crippen LogP contribution in [0.15, 0.2) is 18.2 Å². The minimum Gasteiger partial charge on any atom is -0.507 e. The van der Waals surface area contributed by atoms with Crippen LogP contribution in [0.1, 0.15) is 18.6 Å². The van der Waals surface area contributed by atoms with Gasteiger partial charge in [0.25, 0.3) is 0 Å². The lowest BCUT2D eigenvalue weighted by molar-refractivity contribution is -0.159. The summed E-state index contributed by atoms with van der Waals surface area (Å²) in [4.78, 5) is 11.1. The monoisotopic (exact) mass is 244 g/mol. The van der Waals surface area contributed by atoms with Crippen LogP contribution in [0.4, 0.5) is 4.39 Å². The van der Waals surface area contributed by atoms with Gasteiger partial charge in [-0.15, -0.1) is 0 Å². The maximum Gasteiger partial charge on any atom is 0.338 e. The molecule has 0 saturated heterocycles. The number of phenolic OH excluding ortho intramolecular Hbond substituents is 1. The fourth-order valence-electron chi connectivity index (χ4n) is 1.29. The van der Waals surface area contributed by atoms with Crippen molar-refractivity contribution in [2.45, 2.75) is 19.1 Å². The molecule has 94 valence electrons. The molecule has 1 rings (SSSR count). The first-order chi connectivity index (χ1) is 7.97. The Bertz CT molecular complexity index is 407. The van der Waals surface area contributed by atoms with Crippen molar-refractivity contribution < 1.29 is 29.2 Å².